The summed E-state index contributed by atoms with van der Waals surface area (Å²) >= 11 is 1.38. The van der Waals surface area contributed by atoms with Gasteiger partial charge in [0.15, 0.2) is 0 Å². The molecule has 2 atom stereocenters. The Kier molecular flexibility index (Phi) is 8.59. The summed E-state index contributed by atoms with van der Waals surface area (Å²) in [4.78, 5) is 30.4. The third-order valence-corrected chi connectivity index (χ3v) is 5.43. The van der Waals surface area contributed by atoms with Gasteiger partial charge in [-0.15, -0.1) is 11.3 Å². The molecule has 0 spiro atoms. The molecule has 8 nitrogen and oxygen atoms in total. The van der Waals surface area contributed by atoms with E-state index < -0.39 is 24.4 Å². The molecule has 2 aromatic carbocycles. The Morgan fingerprint density at radius 3 is 2.31 bits per heavy atom. The zero-order chi connectivity index (χ0) is 22.8. The molecule has 0 aliphatic rings. The summed E-state index contributed by atoms with van der Waals surface area (Å²) in [6.45, 7) is 0.186. The SMILES string of the molecule is NC(=O)OC(Cc1ccccc1)C(O)CN(Cc1ccccc1)C(=O)OCc1cncs1. The Morgan fingerprint density at radius 1 is 1.06 bits per heavy atom. The van der Waals surface area contributed by atoms with Gasteiger partial charge >= 0.3 is 12.2 Å². The highest BCUT2D eigenvalue weighted by atomic mass is 32.1. The average molecular weight is 456 g/mol. The topological polar surface area (TPSA) is 115 Å². The third kappa shape index (κ3) is 7.36. The van der Waals surface area contributed by atoms with E-state index in [4.69, 9.17) is 15.2 Å². The molecular weight excluding hydrogens is 430 g/mol. The highest BCUT2D eigenvalue weighted by Gasteiger charge is 2.28. The van der Waals surface area contributed by atoms with Gasteiger partial charge in [-0.25, -0.2) is 9.59 Å². The number of aliphatic hydroxyl groups excluding tert-OH is 1. The number of ether oxygens (including phenoxy) is 2. The molecule has 0 radical (unpaired) electrons. The summed E-state index contributed by atoms with van der Waals surface area (Å²) in [5.41, 5.74) is 8.60. The Labute approximate surface area is 190 Å². The minimum Gasteiger partial charge on any atom is -0.444 e. The number of carbonyl (C=O) groups excluding carboxylic acids is 2. The number of amides is 2. The first-order valence-electron chi connectivity index (χ1n) is 10.0. The summed E-state index contributed by atoms with van der Waals surface area (Å²) in [7, 11) is 0. The van der Waals surface area contributed by atoms with Gasteiger partial charge in [-0.2, -0.15) is 0 Å². The van der Waals surface area contributed by atoms with Crippen LogP contribution in [0, 0.1) is 0 Å². The van der Waals surface area contributed by atoms with Crippen molar-refractivity contribution in [2.75, 3.05) is 6.54 Å². The number of nitrogens with two attached hydrogens (primary N) is 1. The van der Waals surface area contributed by atoms with Crippen LogP contribution in [0.1, 0.15) is 16.0 Å². The van der Waals surface area contributed by atoms with Crippen LogP contribution in [-0.4, -0.2) is 45.9 Å². The van der Waals surface area contributed by atoms with Crippen molar-refractivity contribution in [3.05, 3.63) is 88.4 Å². The van der Waals surface area contributed by atoms with Gasteiger partial charge in [-0.05, 0) is 11.1 Å². The molecule has 0 saturated heterocycles. The molecule has 32 heavy (non-hydrogen) atoms. The van der Waals surface area contributed by atoms with Crippen molar-refractivity contribution < 1.29 is 24.2 Å². The van der Waals surface area contributed by atoms with Crippen LogP contribution in [-0.2, 0) is 29.0 Å². The van der Waals surface area contributed by atoms with Crippen molar-refractivity contribution in [2.45, 2.75) is 31.8 Å². The standard InChI is InChI=1S/C23H25N3O5S/c24-22(28)31-21(11-17-7-3-1-4-8-17)20(27)14-26(13-18-9-5-2-6-10-18)23(29)30-15-19-12-25-16-32-19/h1-10,12,16,20-21,27H,11,13-15H2,(H2,24,28). The van der Waals surface area contributed by atoms with E-state index in [-0.39, 0.29) is 26.1 Å². The number of carbonyl (C=O) groups is 2. The summed E-state index contributed by atoms with van der Waals surface area (Å²) < 4.78 is 10.6. The number of hydrogen-bond donors (Lipinski definition) is 2. The molecule has 0 aliphatic heterocycles. The van der Waals surface area contributed by atoms with Gasteiger partial charge in [-0.3, -0.25) is 4.98 Å². The maximum atomic E-state index is 12.8. The molecule has 0 fully saturated rings. The number of primary amides is 1. The maximum absolute atomic E-state index is 12.8. The van der Waals surface area contributed by atoms with E-state index in [0.29, 0.717) is 0 Å². The minimum absolute atomic E-state index is 0.0795. The molecule has 9 heteroatoms. The smallest absolute Gasteiger partial charge is 0.410 e. The second kappa shape index (κ2) is 11.8. The van der Waals surface area contributed by atoms with Crippen molar-refractivity contribution in [3.63, 3.8) is 0 Å². The van der Waals surface area contributed by atoms with Crippen LogP contribution in [0.3, 0.4) is 0 Å². The Morgan fingerprint density at radius 2 is 1.72 bits per heavy atom. The van der Waals surface area contributed by atoms with Crippen molar-refractivity contribution in [1.82, 2.24) is 9.88 Å². The second-order valence-electron chi connectivity index (χ2n) is 7.12. The highest BCUT2D eigenvalue weighted by Crippen LogP contribution is 2.15. The zero-order valence-corrected chi connectivity index (χ0v) is 18.2. The monoisotopic (exact) mass is 455 g/mol. The number of benzene rings is 2. The minimum atomic E-state index is -1.18. The van der Waals surface area contributed by atoms with Gasteiger partial charge in [0.05, 0.1) is 16.9 Å². The van der Waals surface area contributed by atoms with E-state index in [1.165, 1.54) is 16.2 Å². The summed E-state index contributed by atoms with van der Waals surface area (Å²) in [5, 5.41) is 10.9. The first-order valence-corrected chi connectivity index (χ1v) is 10.9. The summed E-state index contributed by atoms with van der Waals surface area (Å²) in [5.74, 6) is 0. The molecule has 2 unspecified atom stereocenters. The molecule has 3 aromatic rings. The molecule has 0 saturated carbocycles. The fraction of sp³-hybridized carbons (Fsp3) is 0.261. The first-order chi connectivity index (χ1) is 15.5. The number of aliphatic hydroxyl groups is 1. The predicted octanol–water partition coefficient (Wildman–Crippen LogP) is 3.35. The lowest BCUT2D eigenvalue weighted by Crippen LogP contribution is -2.45. The molecule has 1 heterocycles. The van der Waals surface area contributed by atoms with Gasteiger partial charge in [0.1, 0.15) is 18.8 Å². The van der Waals surface area contributed by atoms with Crippen LogP contribution in [0.4, 0.5) is 9.59 Å². The lowest BCUT2D eigenvalue weighted by Gasteiger charge is -2.29. The predicted molar refractivity (Wildman–Crippen MR) is 120 cm³/mol. The maximum Gasteiger partial charge on any atom is 0.410 e. The van der Waals surface area contributed by atoms with Crippen LogP contribution < -0.4 is 5.73 Å². The van der Waals surface area contributed by atoms with Crippen molar-refractivity contribution >= 4 is 23.5 Å². The third-order valence-electron chi connectivity index (χ3n) is 4.68. The van der Waals surface area contributed by atoms with Crippen molar-refractivity contribution in [2.24, 2.45) is 5.73 Å². The van der Waals surface area contributed by atoms with Gasteiger partial charge < -0.3 is 25.2 Å². The van der Waals surface area contributed by atoms with E-state index in [1.54, 1.807) is 11.7 Å². The van der Waals surface area contributed by atoms with E-state index in [1.807, 2.05) is 60.7 Å². The van der Waals surface area contributed by atoms with Crippen LogP contribution in [0.2, 0.25) is 0 Å². The molecular formula is C23H25N3O5S. The number of hydrogen-bond acceptors (Lipinski definition) is 7. The number of thiazole rings is 1. The summed E-state index contributed by atoms with van der Waals surface area (Å²) in [6.07, 6.45) is -1.82. The Bertz CT molecular complexity index is 970. The van der Waals surface area contributed by atoms with Crippen LogP contribution >= 0.6 is 11.3 Å². The summed E-state index contributed by atoms with van der Waals surface area (Å²) in [6, 6.07) is 18.6. The molecule has 1 aromatic heterocycles. The van der Waals surface area contributed by atoms with Gasteiger partial charge in [0.25, 0.3) is 0 Å². The van der Waals surface area contributed by atoms with E-state index >= 15 is 0 Å². The lowest BCUT2D eigenvalue weighted by atomic mass is 10.0. The van der Waals surface area contributed by atoms with E-state index in [9.17, 15) is 14.7 Å². The van der Waals surface area contributed by atoms with E-state index in [2.05, 4.69) is 4.98 Å². The van der Waals surface area contributed by atoms with Gasteiger partial charge in [-0.1, -0.05) is 60.7 Å². The van der Waals surface area contributed by atoms with Crippen molar-refractivity contribution in [3.8, 4) is 0 Å². The van der Waals surface area contributed by atoms with Gasteiger partial charge in [0, 0.05) is 19.2 Å². The Balaban J connectivity index is 1.72. The van der Waals surface area contributed by atoms with Crippen molar-refractivity contribution in [1.29, 1.82) is 0 Å². The largest absolute Gasteiger partial charge is 0.444 e. The quantitative estimate of drug-likeness (QED) is 0.484. The number of aromatic nitrogens is 1. The Hall–Kier alpha value is -3.43. The average Bonchev–Trinajstić information content (AvgIpc) is 3.31. The second-order valence-corrected chi connectivity index (χ2v) is 8.09. The molecule has 3 N–H and O–H groups in total. The molecule has 2 amide bonds. The van der Waals surface area contributed by atoms with Gasteiger partial charge in [0.2, 0.25) is 0 Å². The van der Waals surface area contributed by atoms with Crippen LogP contribution in [0.5, 0.6) is 0 Å². The number of nitrogens with zero attached hydrogens (tertiary/aromatic N) is 2. The molecule has 0 aliphatic carbocycles. The molecule has 0 bridgehead atoms. The highest BCUT2D eigenvalue weighted by molar-refractivity contribution is 7.09. The fourth-order valence-corrected chi connectivity index (χ4v) is 3.65. The molecule has 168 valence electrons. The zero-order valence-electron chi connectivity index (χ0n) is 17.4. The fourth-order valence-electron chi connectivity index (χ4n) is 3.14. The number of rotatable bonds is 10. The van der Waals surface area contributed by atoms with E-state index in [0.717, 1.165) is 16.0 Å². The first kappa shape index (κ1) is 23.2. The molecule has 3 rings (SSSR count). The normalized spacial score (nSPS) is 12.5. The van der Waals surface area contributed by atoms with Crippen LogP contribution in [0.25, 0.3) is 0 Å². The van der Waals surface area contributed by atoms with Crippen LogP contribution in [0.15, 0.2) is 72.4 Å². The lowest BCUT2D eigenvalue weighted by molar-refractivity contribution is -0.0130.